The molecule has 10 heteroatoms. The molecule has 0 spiro atoms. The molecule has 0 radical (unpaired) electrons. The molecule has 3 unspecified atom stereocenters. The Morgan fingerprint density at radius 2 is 1.04 bits per heavy atom. The molecule has 0 aromatic heterocycles. The molecule has 25 heavy (non-hydrogen) atoms. The summed E-state index contributed by atoms with van der Waals surface area (Å²) in [5.74, 6) is 0. The quantitative estimate of drug-likeness (QED) is 0.0950. The largest absolute Gasteiger partial charge is 0.394 e. The first kappa shape index (κ1) is 24.6. The van der Waals surface area contributed by atoms with Crippen LogP contribution >= 0.6 is 0 Å². The number of aliphatic hydroxyl groups excluding tert-OH is 6. The van der Waals surface area contributed by atoms with Gasteiger partial charge >= 0.3 is 0 Å². The normalized spacial score (nSPS) is 15.7. The molecule has 0 aromatic rings. The lowest BCUT2D eigenvalue weighted by Gasteiger charge is -2.28. The van der Waals surface area contributed by atoms with Crippen LogP contribution in [0.15, 0.2) is 0 Å². The molecule has 0 aliphatic heterocycles. The Labute approximate surface area is 148 Å². The molecule has 0 aliphatic carbocycles. The summed E-state index contributed by atoms with van der Waals surface area (Å²) < 4.78 is 0. The van der Waals surface area contributed by atoms with Crippen molar-refractivity contribution in [2.75, 3.05) is 65.6 Å². The lowest BCUT2D eigenvalue weighted by Crippen LogP contribution is -2.42. The zero-order chi connectivity index (χ0) is 19.1. The molecule has 8 N–H and O–H groups in total. The lowest BCUT2D eigenvalue weighted by atomic mass is 10.2. The Bertz CT molecular complexity index is 290. The number of aliphatic hydroxyl groups is 6. The fourth-order valence-corrected chi connectivity index (χ4v) is 2.52. The Morgan fingerprint density at radius 1 is 0.640 bits per heavy atom. The monoisotopic (exact) mass is 369 g/mol. The molecular weight excluding hydrogens is 334 g/mol. The maximum atomic E-state index is 9.61. The fourth-order valence-electron chi connectivity index (χ4n) is 2.52. The maximum absolute atomic E-state index is 9.61. The summed E-state index contributed by atoms with van der Waals surface area (Å²) in [4.78, 5) is 3.72. The van der Waals surface area contributed by atoms with Crippen molar-refractivity contribution in [3.8, 4) is 0 Å². The van der Waals surface area contributed by atoms with Crippen LogP contribution < -0.4 is 5.48 Å². The SMILES string of the molecule is OCC(O)CN(CCCNO)CCCN(CC(O)CO)CC(O)CO. The molecule has 152 valence electrons. The predicted octanol–water partition coefficient (Wildman–Crippen LogP) is -3.59. The predicted molar refractivity (Wildman–Crippen MR) is 91.2 cm³/mol. The second kappa shape index (κ2) is 15.8. The summed E-state index contributed by atoms with van der Waals surface area (Å²) >= 11 is 0. The van der Waals surface area contributed by atoms with E-state index in [1.807, 2.05) is 4.90 Å². The van der Waals surface area contributed by atoms with Crippen LogP contribution in [0.4, 0.5) is 0 Å². The number of hydrogen-bond donors (Lipinski definition) is 8. The highest BCUT2D eigenvalue weighted by Crippen LogP contribution is 2.02. The first-order chi connectivity index (χ1) is 12.0. The summed E-state index contributed by atoms with van der Waals surface area (Å²) in [6, 6.07) is 0. The number of nitrogens with zero attached hydrogens (tertiary/aromatic N) is 2. The van der Waals surface area contributed by atoms with Crippen LogP contribution in [-0.4, -0.2) is 130 Å². The van der Waals surface area contributed by atoms with E-state index in [1.165, 1.54) is 0 Å². The van der Waals surface area contributed by atoms with Crippen LogP contribution in [0.25, 0.3) is 0 Å². The topological polar surface area (TPSA) is 160 Å². The van der Waals surface area contributed by atoms with Crippen LogP contribution in [0.2, 0.25) is 0 Å². The third-order valence-corrected chi connectivity index (χ3v) is 3.75. The van der Waals surface area contributed by atoms with Gasteiger partial charge in [-0.05, 0) is 32.5 Å². The van der Waals surface area contributed by atoms with E-state index in [1.54, 1.807) is 4.90 Å². The first-order valence-electron chi connectivity index (χ1n) is 8.65. The van der Waals surface area contributed by atoms with E-state index in [9.17, 15) is 15.3 Å². The highest BCUT2D eigenvalue weighted by Gasteiger charge is 2.16. The van der Waals surface area contributed by atoms with Gasteiger partial charge in [0.05, 0.1) is 38.1 Å². The van der Waals surface area contributed by atoms with Crippen molar-refractivity contribution in [2.45, 2.75) is 31.2 Å². The lowest BCUT2D eigenvalue weighted by molar-refractivity contribution is 0.0206. The van der Waals surface area contributed by atoms with Gasteiger partial charge in [0.2, 0.25) is 0 Å². The summed E-state index contributed by atoms with van der Waals surface area (Å²) in [5.41, 5.74) is 2.07. The molecular formula is C15H35N3O7. The zero-order valence-electron chi connectivity index (χ0n) is 14.7. The van der Waals surface area contributed by atoms with Gasteiger partial charge in [-0.1, -0.05) is 0 Å². The Morgan fingerprint density at radius 3 is 1.48 bits per heavy atom. The van der Waals surface area contributed by atoms with Crippen LogP contribution in [0, 0.1) is 0 Å². The van der Waals surface area contributed by atoms with Gasteiger partial charge in [-0.25, -0.2) is 5.48 Å². The van der Waals surface area contributed by atoms with Crippen molar-refractivity contribution in [3.63, 3.8) is 0 Å². The summed E-state index contributed by atoms with van der Waals surface area (Å²) in [6.07, 6.45) is -1.35. The van der Waals surface area contributed by atoms with Gasteiger partial charge in [0.1, 0.15) is 0 Å². The van der Waals surface area contributed by atoms with E-state index in [-0.39, 0.29) is 32.9 Å². The molecule has 10 nitrogen and oxygen atoms in total. The highest BCUT2D eigenvalue weighted by atomic mass is 16.5. The fraction of sp³-hybridized carbons (Fsp3) is 1.00. The van der Waals surface area contributed by atoms with Crippen LogP contribution in [0.5, 0.6) is 0 Å². The van der Waals surface area contributed by atoms with Gasteiger partial charge in [0.15, 0.2) is 0 Å². The third kappa shape index (κ3) is 13.5. The summed E-state index contributed by atoms with van der Waals surface area (Å²) in [7, 11) is 0. The van der Waals surface area contributed by atoms with Crippen molar-refractivity contribution in [2.24, 2.45) is 0 Å². The molecule has 0 rings (SSSR count). The van der Waals surface area contributed by atoms with Gasteiger partial charge in [-0.3, -0.25) is 4.90 Å². The minimum Gasteiger partial charge on any atom is -0.394 e. The molecule has 0 amide bonds. The van der Waals surface area contributed by atoms with Gasteiger partial charge in [0, 0.05) is 26.2 Å². The zero-order valence-corrected chi connectivity index (χ0v) is 14.7. The average molecular weight is 369 g/mol. The Hall–Kier alpha value is -0.400. The molecule has 3 atom stereocenters. The van der Waals surface area contributed by atoms with Gasteiger partial charge in [-0.15, -0.1) is 0 Å². The van der Waals surface area contributed by atoms with Crippen molar-refractivity contribution < 1.29 is 35.8 Å². The van der Waals surface area contributed by atoms with E-state index in [0.29, 0.717) is 45.6 Å². The Balaban J connectivity index is 4.41. The number of rotatable bonds is 17. The van der Waals surface area contributed by atoms with E-state index >= 15 is 0 Å². The smallest absolute Gasteiger partial charge is 0.0897 e. The average Bonchev–Trinajstić information content (AvgIpc) is 2.60. The first-order valence-corrected chi connectivity index (χ1v) is 8.65. The minimum absolute atomic E-state index is 0.182. The van der Waals surface area contributed by atoms with Gasteiger partial charge in [-0.2, -0.15) is 0 Å². The van der Waals surface area contributed by atoms with Crippen molar-refractivity contribution in [1.29, 1.82) is 0 Å². The van der Waals surface area contributed by atoms with Crippen molar-refractivity contribution in [1.82, 2.24) is 15.3 Å². The minimum atomic E-state index is -0.922. The number of hydroxylamine groups is 1. The molecule has 0 aliphatic rings. The summed E-state index contributed by atoms with van der Waals surface area (Å²) in [5, 5.41) is 64.3. The van der Waals surface area contributed by atoms with Crippen LogP contribution in [0.1, 0.15) is 12.8 Å². The molecule has 0 saturated heterocycles. The van der Waals surface area contributed by atoms with Crippen molar-refractivity contribution in [3.05, 3.63) is 0 Å². The molecule has 0 fully saturated rings. The number of hydrogen-bond acceptors (Lipinski definition) is 10. The van der Waals surface area contributed by atoms with Gasteiger partial charge in [0.25, 0.3) is 0 Å². The second-order valence-corrected chi connectivity index (χ2v) is 6.18. The second-order valence-electron chi connectivity index (χ2n) is 6.18. The molecule has 0 bridgehead atoms. The highest BCUT2D eigenvalue weighted by molar-refractivity contribution is 4.70. The Kier molecular flexibility index (Phi) is 15.6. The summed E-state index contributed by atoms with van der Waals surface area (Å²) in [6.45, 7) is 1.77. The number of nitrogens with one attached hydrogen (secondary N) is 1. The van der Waals surface area contributed by atoms with Gasteiger partial charge < -0.3 is 40.7 Å². The molecule has 0 heterocycles. The van der Waals surface area contributed by atoms with E-state index in [4.69, 9.17) is 20.5 Å². The standard InChI is InChI=1S/C15H35N3O7/c19-10-13(22)7-17(4-1-3-16-25)5-2-6-18(8-14(23)11-20)9-15(24)12-21/h13-16,19-25H,1-12H2. The van der Waals surface area contributed by atoms with E-state index in [2.05, 4.69) is 5.48 Å². The van der Waals surface area contributed by atoms with Crippen molar-refractivity contribution >= 4 is 0 Å². The molecule has 0 aromatic carbocycles. The maximum Gasteiger partial charge on any atom is 0.0897 e. The van der Waals surface area contributed by atoms with E-state index < -0.39 is 18.3 Å². The van der Waals surface area contributed by atoms with Crippen LogP contribution in [-0.2, 0) is 0 Å². The van der Waals surface area contributed by atoms with E-state index in [0.717, 1.165) is 0 Å². The molecule has 0 saturated carbocycles. The van der Waals surface area contributed by atoms with Crippen LogP contribution in [0.3, 0.4) is 0 Å². The third-order valence-electron chi connectivity index (χ3n) is 3.75.